The fourth-order valence-electron chi connectivity index (χ4n) is 2.66. The average Bonchev–Trinajstić information content (AvgIpc) is 2.42. The number of carbonyl (C=O) groups is 1. The number of piperidine rings is 1. The molecular weight excluding hydrogens is 226 g/mol. The number of nitrogens with one attached hydrogen (secondary N) is 1. The highest BCUT2D eigenvalue weighted by Crippen LogP contribution is 2.30. The molecule has 1 aromatic carbocycles. The zero-order chi connectivity index (χ0) is 13.0. The van der Waals surface area contributed by atoms with Gasteiger partial charge in [0.15, 0.2) is 0 Å². The fraction of sp³-hybridized carbons (Fsp3) is 0.533. The Bertz CT molecular complexity index is 393. The van der Waals surface area contributed by atoms with Gasteiger partial charge in [0.1, 0.15) is 0 Å². The minimum atomic E-state index is -0.136. The van der Waals surface area contributed by atoms with Gasteiger partial charge in [-0.05, 0) is 44.3 Å². The van der Waals surface area contributed by atoms with Crippen molar-refractivity contribution in [2.45, 2.75) is 25.7 Å². The molecule has 3 nitrogen and oxygen atoms in total. The molecule has 3 heteroatoms. The summed E-state index contributed by atoms with van der Waals surface area (Å²) < 4.78 is 4.98. The van der Waals surface area contributed by atoms with Crippen molar-refractivity contribution < 1.29 is 9.53 Å². The van der Waals surface area contributed by atoms with E-state index in [2.05, 4.69) is 24.4 Å². The summed E-state index contributed by atoms with van der Waals surface area (Å²) in [7, 11) is 1.47. The first-order valence-corrected chi connectivity index (χ1v) is 6.57. The van der Waals surface area contributed by atoms with Gasteiger partial charge in [0.05, 0.1) is 13.0 Å². The number of methoxy groups -OCH3 is 1. The first-order chi connectivity index (χ1) is 8.72. The second-order valence-electron chi connectivity index (χ2n) is 5.02. The number of benzene rings is 1. The van der Waals surface area contributed by atoms with Gasteiger partial charge in [0.2, 0.25) is 0 Å². The zero-order valence-electron chi connectivity index (χ0n) is 11.1. The number of rotatable bonds is 3. The van der Waals surface area contributed by atoms with Crippen molar-refractivity contribution in [2.75, 3.05) is 20.2 Å². The van der Waals surface area contributed by atoms with Gasteiger partial charge >= 0.3 is 5.97 Å². The molecule has 1 aliphatic heterocycles. The van der Waals surface area contributed by atoms with Crippen molar-refractivity contribution >= 4 is 5.97 Å². The Hall–Kier alpha value is -1.35. The van der Waals surface area contributed by atoms with E-state index in [-0.39, 0.29) is 11.9 Å². The molecule has 0 radical (unpaired) electrons. The SMILES string of the molecule is COC(=O)C(c1ccc(C)cc1)C1CCCNC1. The summed E-state index contributed by atoms with van der Waals surface area (Å²) in [6, 6.07) is 8.21. The Kier molecular flexibility index (Phi) is 4.37. The third-order valence-electron chi connectivity index (χ3n) is 3.70. The minimum Gasteiger partial charge on any atom is -0.469 e. The third-order valence-corrected chi connectivity index (χ3v) is 3.70. The van der Waals surface area contributed by atoms with E-state index in [0.717, 1.165) is 31.5 Å². The van der Waals surface area contributed by atoms with Crippen LogP contribution in [0.5, 0.6) is 0 Å². The van der Waals surface area contributed by atoms with Crippen LogP contribution in [0.3, 0.4) is 0 Å². The molecule has 0 bridgehead atoms. The Morgan fingerprint density at radius 1 is 1.39 bits per heavy atom. The van der Waals surface area contributed by atoms with E-state index >= 15 is 0 Å². The second-order valence-corrected chi connectivity index (χ2v) is 5.02. The van der Waals surface area contributed by atoms with Gasteiger partial charge in [-0.15, -0.1) is 0 Å². The van der Waals surface area contributed by atoms with Gasteiger partial charge in [-0.2, -0.15) is 0 Å². The highest BCUT2D eigenvalue weighted by Gasteiger charge is 2.31. The van der Waals surface area contributed by atoms with E-state index in [1.54, 1.807) is 0 Å². The summed E-state index contributed by atoms with van der Waals surface area (Å²) in [6.07, 6.45) is 2.21. The lowest BCUT2D eigenvalue weighted by molar-refractivity contribution is -0.144. The zero-order valence-corrected chi connectivity index (χ0v) is 11.1. The van der Waals surface area contributed by atoms with Crippen LogP contribution >= 0.6 is 0 Å². The van der Waals surface area contributed by atoms with Gasteiger partial charge in [0.25, 0.3) is 0 Å². The van der Waals surface area contributed by atoms with E-state index in [4.69, 9.17) is 4.74 Å². The van der Waals surface area contributed by atoms with Gasteiger partial charge in [-0.25, -0.2) is 0 Å². The average molecular weight is 247 g/mol. The van der Waals surface area contributed by atoms with Gasteiger partial charge in [-0.3, -0.25) is 4.79 Å². The van der Waals surface area contributed by atoms with Gasteiger partial charge in [0, 0.05) is 0 Å². The maximum Gasteiger partial charge on any atom is 0.313 e. The molecule has 2 unspecified atom stereocenters. The molecule has 0 amide bonds. The first-order valence-electron chi connectivity index (χ1n) is 6.57. The number of ether oxygens (including phenoxy) is 1. The molecule has 0 aromatic heterocycles. The van der Waals surface area contributed by atoms with Crippen LogP contribution < -0.4 is 5.32 Å². The van der Waals surface area contributed by atoms with Crippen molar-refractivity contribution in [1.29, 1.82) is 0 Å². The van der Waals surface area contributed by atoms with E-state index in [9.17, 15) is 4.79 Å². The van der Waals surface area contributed by atoms with Crippen molar-refractivity contribution in [3.05, 3.63) is 35.4 Å². The number of carbonyl (C=O) groups excluding carboxylic acids is 1. The van der Waals surface area contributed by atoms with E-state index in [1.807, 2.05) is 12.1 Å². The topological polar surface area (TPSA) is 38.3 Å². The Morgan fingerprint density at radius 3 is 2.67 bits per heavy atom. The van der Waals surface area contributed by atoms with Gasteiger partial charge in [-0.1, -0.05) is 29.8 Å². The van der Waals surface area contributed by atoms with Crippen LogP contribution in [0.25, 0.3) is 0 Å². The Balaban J connectivity index is 2.23. The minimum absolute atomic E-state index is 0.118. The van der Waals surface area contributed by atoms with Crippen LogP contribution in [0.1, 0.15) is 29.9 Å². The summed E-state index contributed by atoms with van der Waals surface area (Å²) in [5, 5.41) is 3.37. The van der Waals surface area contributed by atoms with Crippen LogP contribution in [-0.4, -0.2) is 26.2 Å². The van der Waals surface area contributed by atoms with E-state index in [0.29, 0.717) is 5.92 Å². The molecule has 1 heterocycles. The lowest BCUT2D eigenvalue weighted by atomic mass is 9.81. The molecule has 1 aliphatic rings. The van der Waals surface area contributed by atoms with E-state index in [1.165, 1.54) is 12.7 Å². The predicted molar refractivity (Wildman–Crippen MR) is 71.5 cm³/mol. The van der Waals surface area contributed by atoms with Crippen LogP contribution in [0.15, 0.2) is 24.3 Å². The standard InChI is InChI=1S/C15H21NO2/c1-11-5-7-12(8-6-11)14(15(17)18-2)13-4-3-9-16-10-13/h5-8,13-14,16H,3-4,9-10H2,1-2H3. The van der Waals surface area contributed by atoms with Crippen molar-refractivity contribution in [3.8, 4) is 0 Å². The van der Waals surface area contributed by atoms with Crippen LogP contribution in [0.2, 0.25) is 0 Å². The van der Waals surface area contributed by atoms with E-state index < -0.39 is 0 Å². The molecule has 1 saturated heterocycles. The molecule has 1 aromatic rings. The monoisotopic (exact) mass is 247 g/mol. The number of esters is 1. The summed E-state index contributed by atoms with van der Waals surface area (Å²) in [5.41, 5.74) is 2.28. The van der Waals surface area contributed by atoms with Crippen LogP contribution in [0, 0.1) is 12.8 Å². The maximum absolute atomic E-state index is 12.0. The lowest BCUT2D eigenvalue weighted by Gasteiger charge is -2.29. The van der Waals surface area contributed by atoms with Crippen LogP contribution in [0.4, 0.5) is 0 Å². The smallest absolute Gasteiger partial charge is 0.313 e. The molecular formula is C15H21NO2. The summed E-state index contributed by atoms with van der Waals surface area (Å²) in [6.45, 7) is 4.00. The largest absolute Gasteiger partial charge is 0.469 e. The molecule has 1 N–H and O–H groups in total. The molecule has 2 atom stereocenters. The predicted octanol–water partition coefficient (Wildman–Crippen LogP) is 2.25. The summed E-state index contributed by atoms with van der Waals surface area (Å²) >= 11 is 0. The molecule has 2 rings (SSSR count). The molecule has 1 fully saturated rings. The Morgan fingerprint density at radius 2 is 2.11 bits per heavy atom. The molecule has 0 aliphatic carbocycles. The number of aryl methyl sites for hydroxylation is 1. The first kappa shape index (κ1) is 13.1. The third kappa shape index (κ3) is 2.91. The highest BCUT2D eigenvalue weighted by molar-refractivity contribution is 5.78. The highest BCUT2D eigenvalue weighted by atomic mass is 16.5. The van der Waals surface area contributed by atoms with Crippen molar-refractivity contribution in [3.63, 3.8) is 0 Å². The molecule has 98 valence electrons. The normalized spacial score (nSPS) is 21.3. The summed E-state index contributed by atoms with van der Waals surface area (Å²) in [4.78, 5) is 12.0. The fourth-order valence-corrected chi connectivity index (χ4v) is 2.66. The quantitative estimate of drug-likeness (QED) is 0.833. The van der Waals surface area contributed by atoms with Crippen LogP contribution in [-0.2, 0) is 9.53 Å². The molecule has 18 heavy (non-hydrogen) atoms. The lowest BCUT2D eigenvalue weighted by Crippen LogP contribution is -2.36. The number of hydrogen-bond donors (Lipinski definition) is 1. The molecule has 0 saturated carbocycles. The number of hydrogen-bond acceptors (Lipinski definition) is 3. The maximum atomic E-state index is 12.0. The Labute approximate surface area is 109 Å². The second kappa shape index (κ2) is 6.01. The van der Waals surface area contributed by atoms with Gasteiger partial charge < -0.3 is 10.1 Å². The molecule has 0 spiro atoms. The summed E-state index contributed by atoms with van der Waals surface area (Å²) in [5.74, 6) is 0.0878. The van der Waals surface area contributed by atoms with Crippen molar-refractivity contribution in [2.24, 2.45) is 5.92 Å². The van der Waals surface area contributed by atoms with Crippen molar-refractivity contribution in [1.82, 2.24) is 5.32 Å².